The van der Waals surface area contributed by atoms with Crippen LogP contribution in [0.3, 0.4) is 0 Å². The largest absolute Gasteiger partial charge is 0.508 e. The number of aliphatic hydroxyl groups is 6. The van der Waals surface area contributed by atoms with Gasteiger partial charge in [0.2, 0.25) is 5.91 Å². The number of phenols is 1. The summed E-state index contributed by atoms with van der Waals surface area (Å²) in [6, 6.07) is 19.0. The summed E-state index contributed by atoms with van der Waals surface area (Å²) in [5, 5.41) is 92.1. The Morgan fingerprint density at radius 1 is 0.964 bits per heavy atom. The van der Waals surface area contributed by atoms with Gasteiger partial charge in [-0.1, -0.05) is 108 Å². The van der Waals surface area contributed by atoms with Crippen LogP contribution in [0, 0.1) is 35.0 Å². The van der Waals surface area contributed by atoms with Gasteiger partial charge in [-0.2, -0.15) is 0 Å². The molecule has 84 heavy (non-hydrogen) atoms. The van der Waals surface area contributed by atoms with Crippen LogP contribution >= 0.6 is 0 Å². The van der Waals surface area contributed by atoms with Gasteiger partial charge in [0.15, 0.2) is 11.7 Å². The molecule has 0 saturated heterocycles. The number of phenolic OH excluding ortho intramolecular Hbond substituents is 1. The van der Waals surface area contributed by atoms with Gasteiger partial charge in [0.1, 0.15) is 30.3 Å². The average molecular weight is 1150 g/mol. The highest BCUT2D eigenvalue weighted by Crippen LogP contribution is 2.63. The number of ketones is 1. The van der Waals surface area contributed by atoms with E-state index >= 15 is 4.79 Å². The second-order valence-electron chi connectivity index (χ2n) is 24.2. The van der Waals surface area contributed by atoms with E-state index in [-0.39, 0.29) is 82.5 Å². The fourth-order valence-corrected chi connectivity index (χ4v) is 14.0. The fraction of sp³-hybridized carbons (Fsp3) is 0.507. The van der Waals surface area contributed by atoms with Crippen molar-refractivity contribution in [2.45, 2.75) is 152 Å². The number of guanidine groups is 1. The number of nitrogens with zero attached hydrogens (tertiary/aromatic N) is 1. The summed E-state index contributed by atoms with van der Waals surface area (Å²) in [5.74, 6) is 3.47. The maximum absolute atomic E-state index is 15.2. The lowest BCUT2D eigenvalue weighted by molar-refractivity contribution is -0.168. The van der Waals surface area contributed by atoms with Crippen molar-refractivity contribution in [3.63, 3.8) is 0 Å². The van der Waals surface area contributed by atoms with Crippen molar-refractivity contribution in [3.05, 3.63) is 159 Å². The van der Waals surface area contributed by atoms with Crippen LogP contribution in [0.5, 0.6) is 5.75 Å². The number of fused-ring (bicyclic) bond motifs is 4. The molecule has 3 heterocycles. The van der Waals surface area contributed by atoms with Crippen molar-refractivity contribution in [1.82, 2.24) is 16.0 Å². The predicted octanol–water partition coefficient (Wildman–Crippen LogP) is 5.28. The number of benzene rings is 3. The van der Waals surface area contributed by atoms with E-state index in [0.717, 1.165) is 33.4 Å². The number of carbonyl (C=O) groups is 2. The Morgan fingerprint density at radius 3 is 2.46 bits per heavy atom. The minimum atomic E-state index is -1.49. The third kappa shape index (κ3) is 14.7. The zero-order valence-corrected chi connectivity index (χ0v) is 49.0. The molecule has 0 unspecified atom stereocenters. The molecule has 2 fully saturated rings. The van der Waals surface area contributed by atoms with Crippen molar-refractivity contribution in [2.75, 3.05) is 39.5 Å². The summed E-state index contributed by atoms with van der Waals surface area (Å²) in [6.07, 6.45) is 7.93. The first-order valence-corrected chi connectivity index (χ1v) is 29.8. The van der Waals surface area contributed by atoms with Gasteiger partial charge in [-0.3, -0.25) is 25.2 Å². The number of allylic oxidation sites excluding steroid dienone is 5. The number of β-amino-alcohol motifs (C(OH)–C–C–N with tert-alkyl or cyclic N) is 1. The van der Waals surface area contributed by atoms with E-state index in [1.54, 1.807) is 37.3 Å². The Balaban J connectivity index is 1.19. The molecule has 3 aromatic rings. The van der Waals surface area contributed by atoms with Crippen LogP contribution in [0.15, 0.2) is 130 Å². The standard InChI is InChI=1S/C67H89N7O10/c1-41-12-5-8-33-84-40-48(17-9-13-42(2)67(83,30-25-41)73-31-6-7-32-75)52-27-29-66(61(52)80)56-24-23-50(77)35-44-14-10-15-45(34-44)36-54(55(38-72-64(69)70)46-19-21-49(76)22-20-46)58(79)39-71-60-59-47(16-11-18-53(59)62(68)74-63(60)81)37-57(78)43(3)51(56)26-28-65(66,4)82/h9-11,13-22,25,34,50,52,54-56,58,60-62,71,73,75-77,79-80,82-83H,2,6-7,12,23-24,26-33,35-40,68H2,1,3-4H3,(H,74,81)(H4,69,70,72)/b13-9+,41-25+,48-17-,51-43?/t50-,52+,54+,55+,56+,58+,60+,61+,62+,65+,66+,67+/m0/s1. The topological polar surface area (TPSA) is 311 Å². The van der Waals surface area contributed by atoms with Crippen LogP contribution < -0.4 is 33.2 Å². The number of aromatic hydroxyl groups is 1. The molecule has 3 aliphatic heterocycles. The highest BCUT2D eigenvalue weighted by molar-refractivity contribution is 5.98. The Morgan fingerprint density at radius 2 is 1.71 bits per heavy atom. The maximum atomic E-state index is 15.2. The smallest absolute Gasteiger partial charge is 0.243 e. The lowest BCUT2D eigenvalue weighted by atomic mass is 9.52. The second-order valence-corrected chi connectivity index (χ2v) is 24.2. The molecule has 1 spiro atoms. The number of aliphatic imine (C=N–C) groups is 1. The van der Waals surface area contributed by atoms with Crippen LogP contribution in [-0.2, 0) is 33.6 Å². The molecule has 8 rings (SSSR count). The molecule has 452 valence electrons. The molecule has 17 nitrogen and oxygen atoms in total. The van der Waals surface area contributed by atoms with Crippen molar-refractivity contribution in [2.24, 2.45) is 45.4 Å². The van der Waals surface area contributed by atoms with E-state index in [4.69, 9.17) is 21.9 Å². The highest BCUT2D eigenvalue weighted by Gasteiger charge is 2.64. The molecule has 17 heteroatoms. The monoisotopic (exact) mass is 1150 g/mol. The van der Waals surface area contributed by atoms with Crippen LogP contribution in [0.1, 0.15) is 136 Å². The third-order valence-electron chi connectivity index (χ3n) is 18.7. The first-order chi connectivity index (χ1) is 40.2. The van der Waals surface area contributed by atoms with Crippen molar-refractivity contribution in [3.8, 4) is 17.6 Å². The van der Waals surface area contributed by atoms with Gasteiger partial charge >= 0.3 is 0 Å². The number of nitrogens with one attached hydrogen (secondary N) is 3. The lowest BCUT2D eigenvalue weighted by Gasteiger charge is -2.56. The number of aliphatic hydroxyl groups excluding tert-OH is 4. The Hall–Kier alpha value is -6.27. The molecular weight excluding hydrogens is 1060 g/mol. The van der Waals surface area contributed by atoms with Crippen molar-refractivity contribution in [1.29, 1.82) is 0 Å². The Kier molecular flexibility index (Phi) is 21.5. The number of nitrogens with two attached hydrogens (primary N) is 3. The number of carbonyl (C=O) groups excluding carboxylic acids is 2. The van der Waals surface area contributed by atoms with Gasteiger partial charge in [-0.15, -0.1) is 0 Å². The van der Waals surface area contributed by atoms with Crippen LogP contribution in [0.25, 0.3) is 0 Å². The third-order valence-corrected chi connectivity index (χ3v) is 18.7. The molecule has 2 saturated carbocycles. The minimum absolute atomic E-state index is 0.0447. The molecule has 16 N–H and O–H groups in total. The predicted molar refractivity (Wildman–Crippen MR) is 326 cm³/mol. The summed E-state index contributed by atoms with van der Waals surface area (Å²) in [7, 11) is 0. The maximum Gasteiger partial charge on any atom is 0.243 e. The summed E-state index contributed by atoms with van der Waals surface area (Å²) < 4.78 is 6.23. The molecule has 3 aromatic carbocycles. The van der Waals surface area contributed by atoms with Gasteiger partial charge in [0.05, 0.1) is 30.5 Å². The minimum Gasteiger partial charge on any atom is -0.508 e. The lowest BCUT2D eigenvalue weighted by Crippen LogP contribution is -2.59. The summed E-state index contributed by atoms with van der Waals surface area (Å²) >= 11 is 0. The molecule has 2 aliphatic carbocycles. The number of hydrogen-bond donors (Lipinski definition) is 13. The van der Waals surface area contributed by atoms with Crippen LogP contribution in [0.4, 0.5) is 0 Å². The van der Waals surface area contributed by atoms with Crippen LogP contribution in [0.2, 0.25) is 0 Å². The molecule has 2 bridgehead atoms. The van der Waals surface area contributed by atoms with E-state index in [9.17, 15) is 40.5 Å². The van der Waals surface area contributed by atoms with Gasteiger partial charge < -0.3 is 63.0 Å². The normalized spacial score (nSPS) is 32.3. The molecule has 1 amide bonds. The van der Waals surface area contributed by atoms with Gasteiger partial charge in [-0.25, -0.2) is 0 Å². The fourth-order valence-electron chi connectivity index (χ4n) is 14.0. The van der Waals surface area contributed by atoms with Crippen molar-refractivity contribution >= 4 is 17.6 Å². The summed E-state index contributed by atoms with van der Waals surface area (Å²) in [5.41, 5.74) is 22.0. The molecular formula is C67H89N7O10. The average Bonchev–Trinajstić information content (AvgIpc) is 1.63. The molecule has 0 radical (unpaired) electrons. The van der Waals surface area contributed by atoms with Gasteiger partial charge in [-0.05, 0) is 166 Å². The molecule has 12 atom stereocenters. The zero-order chi connectivity index (χ0) is 60.3. The van der Waals surface area contributed by atoms with E-state index in [0.29, 0.717) is 85.7 Å². The van der Waals surface area contributed by atoms with Crippen LogP contribution in [-0.4, -0.2) is 122 Å². The zero-order valence-electron chi connectivity index (χ0n) is 49.0. The highest BCUT2D eigenvalue weighted by atomic mass is 16.5. The van der Waals surface area contributed by atoms with E-state index < -0.39 is 76.8 Å². The second kappa shape index (κ2) is 28.3. The molecule has 5 aliphatic rings. The SMILES string of the molecule is C=C1/C=C/C=C(\[C@H]2CC[C@@]3([C@@H]4CC[C@H](O)Cc5cccc(c5)C[C@H]([C@H](CN=C(N)N)c5ccc(O)cc5)[C@H](O)CN[C@H]5C(=O)N[C@@H](N)c6cccc(c65)CC(=O)C(C)=C4CC[C@@]3(C)O)[C@@H]2O)COCC#CC/C(C)=C/C[C@]1(O)NCCCCO. The number of ether oxygens (including phenoxy) is 1. The number of hydrogen-bond acceptors (Lipinski definition) is 14. The summed E-state index contributed by atoms with van der Waals surface area (Å²) in [6.45, 7) is 10.6. The first kappa shape index (κ1) is 63.7. The van der Waals surface area contributed by atoms with E-state index in [1.165, 1.54) is 0 Å². The number of rotatable bonds is 10. The van der Waals surface area contributed by atoms with E-state index in [1.807, 2.05) is 74.5 Å². The summed E-state index contributed by atoms with van der Waals surface area (Å²) in [4.78, 5) is 33.9. The Bertz CT molecular complexity index is 3060. The quantitative estimate of drug-likeness (QED) is 0.0307. The Labute approximate surface area is 495 Å². The van der Waals surface area contributed by atoms with E-state index in [2.05, 4.69) is 39.4 Å². The number of unbranched alkanes of at least 4 members (excludes halogenated alkanes) is 1. The number of amides is 1. The van der Waals surface area contributed by atoms with Crippen molar-refractivity contribution < 1.29 is 50.1 Å². The number of Topliss-reactive ketones (excluding diaryl/α,β-unsaturated/α-hetero) is 1. The molecule has 0 aromatic heterocycles. The van der Waals surface area contributed by atoms with Gasteiger partial charge in [0.25, 0.3) is 0 Å². The first-order valence-electron chi connectivity index (χ1n) is 29.8. The van der Waals surface area contributed by atoms with Gasteiger partial charge in [0, 0.05) is 56.2 Å².